The van der Waals surface area contributed by atoms with E-state index in [0.29, 0.717) is 40.7 Å². The Morgan fingerprint density at radius 2 is 1.94 bits per heavy atom. The lowest BCUT2D eigenvalue weighted by Gasteiger charge is -2.16. The fourth-order valence-electron chi connectivity index (χ4n) is 3.29. The van der Waals surface area contributed by atoms with Gasteiger partial charge in [0.15, 0.2) is 5.75 Å². The topological polar surface area (TPSA) is 88.6 Å². The molecule has 0 atom stereocenters. The van der Waals surface area contributed by atoms with Crippen LogP contribution in [0, 0.1) is 0 Å². The van der Waals surface area contributed by atoms with Crippen molar-refractivity contribution >= 4 is 50.5 Å². The van der Waals surface area contributed by atoms with Gasteiger partial charge in [0.2, 0.25) is 15.9 Å². The van der Waals surface area contributed by atoms with E-state index in [1.807, 2.05) is 0 Å². The van der Waals surface area contributed by atoms with Crippen LogP contribution < -0.4 is 14.4 Å². The van der Waals surface area contributed by atoms with E-state index in [1.54, 1.807) is 42.5 Å². The minimum absolute atomic E-state index is 0.158. The fraction of sp³-hybridized carbons (Fsp3) is 0.143. The third kappa shape index (κ3) is 4.61. The highest BCUT2D eigenvalue weighted by Crippen LogP contribution is 2.34. The third-order valence-corrected chi connectivity index (χ3v) is 6.37. The number of pyridine rings is 1. The van der Waals surface area contributed by atoms with E-state index < -0.39 is 10.0 Å². The molecule has 31 heavy (non-hydrogen) atoms. The number of nitrogens with one attached hydrogen (secondary N) is 1. The van der Waals surface area contributed by atoms with E-state index >= 15 is 0 Å². The van der Waals surface area contributed by atoms with Crippen molar-refractivity contribution < 1.29 is 17.9 Å². The Balaban J connectivity index is 1.56. The van der Waals surface area contributed by atoms with Crippen molar-refractivity contribution in [1.82, 2.24) is 4.98 Å². The summed E-state index contributed by atoms with van der Waals surface area (Å²) in [6.45, 7) is 0.366. The SMILES string of the molecule is CS(=O)(=O)N1CCc2cc(C(=O)Nc3ccccc3Oc3ncc(Cl)cc3Cl)ccc21. The lowest BCUT2D eigenvalue weighted by atomic mass is 10.1. The number of carbonyl (C=O) groups is 1. The van der Waals surface area contributed by atoms with E-state index in [9.17, 15) is 13.2 Å². The number of aromatic nitrogens is 1. The lowest BCUT2D eigenvalue weighted by Crippen LogP contribution is -2.27. The Hall–Kier alpha value is -2.81. The summed E-state index contributed by atoms with van der Waals surface area (Å²) in [7, 11) is -3.35. The summed E-state index contributed by atoms with van der Waals surface area (Å²) < 4.78 is 30.9. The number of hydrogen-bond acceptors (Lipinski definition) is 5. The van der Waals surface area contributed by atoms with Gasteiger partial charge >= 0.3 is 0 Å². The molecule has 160 valence electrons. The molecule has 0 saturated heterocycles. The molecule has 0 saturated carbocycles. The smallest absolute Gasteiger partial charge is 0.255 e. The van der Waals surface area contributed by atoms with Crippen molar-refractivity contribution in [3.05, 3.63) is 75.9 Å². The summed E-state index contributed by atoms with van der Waals surface area (Å²) in [5.74, 6) is 0.162. The number of anilines is 2. The van der Waals surface area contributed by atoms with Crippen LogP contribution in [0.4, 0.5) is 11.4 Å². The third-order valence-electron chi connectivity index (χ3n) is 4.71. The second-order valence-electron chi connectivity index (χ2n) is 6.92. The number of fused-ring (bicyclic) bond motifs is 1. The molecule has 1 amide bonds. The Labute approximate surface area is 189 Å². The number of sulfonamides is 1. The van der Waals surface area contributed by atoms with Crippen LogP contribution in [0.5, 0.6) is 11.6 Å². The molecular weight excluding hydrogens is 461 g/mol. The van der Waals surface area contributed by atoms with Crippen molar-refractivity contribution in [3.63, 3.8) is 0 Å². The molecule has 0 aliphatic carbocycles. The molecule has 0 spiro atoms. The van der Waals surface area contributed by atoms with E-state index in [0.717, 1.165) is 5.56 Å². The Morgan fingerprint density at radius 3 is 2.68 bits per heavy atom. The van der Waals surface area contributed by atoms with Crippen molar-refractivity contribution in [1.29, 1.82) is 0 Å². The van der Waals surface area contributed by atoms with Gasteiger partial charge in [0, 0.05) is 18.3 Å². The number of amides is 1. The summed E-state index contributed by atoms with van der Waals surface area (Å²) in [6, 6.07) is 13.3. The second-order valence-corrected chi connectivity index (χ2v) is 9.67. The Morgan fingerprint density at radius 1 is 1.16 bits per heavy atom. The predicted molar refractivity (Wildman–Crippen MR) is 121 cm³/mol. The first-order valence-electron chi connectivity index (χ1n) is 9.22. The zero-order valence-corrected chi connectivity index (χ0v) is 18.6. The predicted octanol–water partition coefficient (Wildman–Crippen LogP) is 4.76. The maximum absolute atomic E-state index is 12.9. The van der Waals surface area contributed by atoms with E-state index in [1.165, 1.54) is 22.8 Å². The molecule has 7 nitrogen and oxygen atoms in total. The monoisotopic (exact) mass is 477 g/mol. The highest BCUT2D eigenvalue weighted by Gasteiger charge is 2.27. The maximum atomic E-state index is 12.9. The van der Waals surface area contributed by atoms with Crippen molar-refractivity contribution in [2.45, 2.75) is 6.42 Å². The summed E-state index contributed by atoms with van der Waals surface area (Å²) in [6.07, 6.45) is 3.12. The van der Waals surface area contributed by atoms with Gasteiger partial charge in [-0.2, -0.15) is 0 Å². The number of halogens is 2. The van der Waals surface area contributed by atoms with Crippen molar-refractivity contribution in [2.75, 3.05) is 22.4 Å². The molecular formula is C21H17Cl2N3O4S. The number of carbonyl (C=O) groups excluding carboxylic acids is 1. The Bertz CT molecular complexity index is 1280. The van der Waals surface area contributed by atoms with Gasteiger partial charge in [-0.15, -0.1) is 0 Å². The highest BCUT2D eigenvalue weighted by molar-refractivity contribution is 7.92. The van der Waals surface area contributed by atoms with Crippen LogP contribution in [-0.2, 0) is 16.4 Å². The number of benzene rings is 2. The number of rotatable bonds is 5. The minimum Gasteiger partial charge on any atom is -0.435 e. The number of para-hydroxylation sites is 2. The summed E-state index contributed by atoms with van der Waals surface area (Å²) in [5.41, 5.74) is 2.25. The van der Waals surface area contributed by atoms with E-state index in [2.05, 4.69) is 10.3 Å². The first-order valence-corrected chi connectivity index (χ1v) is 11.8. The zero-order valence-electron chi connectivity index (χ0n) is 16.3. The zero-order chi connectivity index (χ0) is 22.2. The molecule has 2 aromatic carbocycles. The van der Waals surface area contributed by atoms with Crippen LogP contribution in [0.25, 0.3) is 0 Å². The van der Waals surface area contributed by atoms with Gasteiger partial charge in [0.05, 0.1) is 22.7 Å². The van der Waals surface area contributed by atoms with Gasteiger partial charge in [0.1, 0.15) is 5.02 Å². The van der Waals surface area contributed by atoms with E-state index in [-0.39, 0.29) is 16.8 Å². The quantitative estimate of drug-likeness (QED) is 0.572. The number of nitrogens with zero attached hydrogens (tertiary/aromatic N) is 2. The number of ether oxygens (including phenoxy) is 1. The maximum Gasteiger partial charge on any atom is 0.255 e. The molecule has 0 fully saturated rings. The van der Waals surface area contributed by atoms with Crippen LogP contribution >= 0.6 is 23.2 Å². The van der Waals surface area contributed by atoms with Gasteiger partial charge in [-0.3, -0.25) is 9.10 Å². The molecule has 10 heteroatoms. The van der Waals surface area contributed by atoms with Gasteiger partial charge in [-0.05, 0) is 48.4 Å². The second kappa shape index (κ2) is 8.37. The van der Waals surface area contributed by atoms with Crippen LogP contribution in [0.15, 0.2) is 54.7 Å². The average molecular weight is 478 g/mol. The fourth-order valence-corrected chi connectivity index (χ4v) is 4.67. The van der Waals surface area contributed by atoms with Gasteiger partial charge in [-0.1, -0.05) is 35.3 Å². The van der Waals surface area contributed by atoms with Crippen LogP contribution in [0.2, 0.25) is 10.0 Å². The Kier molecular flexibility index (Phi) is 5.79. The largest absolute Gasteiger partial charge is 0.435 e. The summed E-state index contributed by atoms with van der Waals surface area (Å²) >= 11 is 12.0. The lowest BCUT2D eigenvalue weighted by molar-refractivity contribution is 0.102. The molecule has 1 aromatic heterocycles. The molecule has 4 rings (SSSR count). The molecule has 0 radical (unpaired) electrons. The van der Waals surface area contributed by atoms with Gasteiger partial charge in [0.25, 0.3) is 5.91 Å². The highest BCUT2D eigenvalue weighted by atomic mass is 35.5. The van der Waals surface area contributed by atoms with Crippen LogP contribution in [0.1, 0.15) is 15.9 Å². The molecule has 0 unspecified atom stereocenters. The molecule has 2 heterocycles. The molecule has 1 aliphatic heterocycles. The normalized spacial score (nSPS) is 13.1. The number of hydrogen-bond donors (Lipinski definition) is 1. The van der Waals surface area contributed by atoms with Gasteiger partial charge in [-0.25, -0.2) is 13.4 Å². The average Bonchev–Trinajstić information content (AvgIpc) is 3.15. The van der Waals surface area contributed by atoms with Gasteiger partial charge < -0.3 is 10.1 Å². The molecule has 1 aliphatic rings. The molecule has 0 bridgehead atoms. The molecule has 1 N–H and O–H groups in total. The van der Waals surface area contributed by atoms with Crippen LogP contribution in [0.3, 0.4) is 0 Å². The van der Waals surface area contributed by atoms with Crippen molar-refractivity contribution in [3.8, 4) is 11.6 Å². The summed E-state index contributed by atoms with van der Waals surface area (Å²) in [4.78, 5) is 16.9. The first-order chi connectivity index (χ1) is 14.7. The molecule has 3 aromatic rings. The van der Waals surface area contributed by atoms with E-state index in [4.69, 9.17) is 27.9 Å². The summed E-state index contributed by atoms with van der Waals surface area (Å²) in [5, 5.41) is 3.44. The first kappa shape index (κ1) is 21.4. The van der Waals surface area contributed by atoms with Crippen LogP contribution in [-0.4, -0.2) is 32.1 Å². The van der Waals surface area contributed by atoms with Crippen molar-refractivity contribution in [2.24, 2.45) is 0 Å². The minimum atomic E-state index is -3.35. The standard InChI is InChI=1S/C21H17Cl2N3O4S/c1-31(28,29)26-9-8-13-10-14(6-7-18(13)26)20(27)25-17-4-2-3-5-19(17)30-21-16(23)11-15(22)12-24-21/h2-7,10-12H,8-9H2,1H3,(H,25,27).